The maximum Gasteiger partial charge on any atom is 0.497 e. The first-order valence-electron chi connectivity index (χ1n) is 7.81. The number of benzene rings is 1. The van der Waals surface area contributed by atoms with Crippen molar-refractivity contribution in [2.24, 2.45) is 0 Å². The van der Waals surface area contributed by atoms with E-state index in [1.54, 1.807) is 27.7 Å². The van der Waals surface area contributed by atoms with Gasteiger partial charge in [0, 0.05) is 5.46 Å². The van der Waals surface area contributed by atoms with Crippen LogP contribution < -0.4 is 10.2 Å². The molecule has 1 saturated heterocycles. The van der Waals surface area contributed by atoms with Crippen molar-refractivity contribution < 1.29 is 41.5 Å². The number of carbonyl (C=O) groups is 1. The van der Waals surface area contributed by atoms with Gasteiger partial charge >= 0.3 is 19.3 Å². The van der Waals surface area contributed by atoms with Crippen molar-refractivity contribution >= 4 is 18.6 Å². The second-order valence-corrected chi connectivity index (χ2v) is 7.06. The highest BCUT2D eigenvalue weighted by Crippen LogP contribution is 2.37. The summed E-state index contributed by atoms with van der Waals surface area (Å²) in [5, 5.41) is 9.14. The molecule has 1 aromatic rings. The second kappa shape index (κ2) is 6.42. The highest BCUT2D eigenvalue weighted by molar-refractivity contribution is 6.62. The molecule has 0 spiro atoms. The largest absolute Gasteiger partial charge is 0.497 e. The van der Waals surface area contributed by atoms with E-state index in [4.69, 9.17) is 19.2 Å². The molecule has 1 aliphatic rings. The van der Waals surface area contributed by atoms with Crippen molar-refractivity contribution in [1.29, 1.82) is 0 Å². The average Bonchev–Trinajstić information content (AvgIpc) is 2.67. The lowest BCUT2D eigenvalue weighted by molar-refractivity contribution is -0.189. The summed E-state index contributed by atoms with van der Waals surface area (Å²) in [5.74, 6) is -3.21. The SMILES string of the molecule is C[C@H](Oc1cc(B2OC(C)(C)C(C)(C)O2)c(F)cc1C(=O)O)C(F)(F)F. The zero-order valence-electron chi connectivity index (χ0n) is 14.9. The predicted octanol–water partition coefficient (Wildman–Crippen LogP) is 3.15. The van der Waals surface area contributed by atoms with Crippen LogP contribution in [0, 0.1) is 5.82 Å². The van der Waals surface area contributed by atoms with Crippen molar-refractivity contribution in [3.8, 4) is 5.75 Å². The molecule has 1 N–H and O–H groups in total. The number of aromatic carboxylic acids is 1. The molecule has 1 heterocycles. The van der Waals surface area contributed by atoms with Crippen LogP contribution >= 0.6 is 0 Å². The summed E-state index contributed by atoms with van der Waals surface area (Å²) < 4.78 is 68.8. The van der Waals surface area contributed by atoms with Gasteiger partial charge < -0.3 is 19.2 Å². The fourth-order valence-electron chi connectivity index (χ4n) is 2.24. The lowest BCUT2D eigenvalue weighted by atomic mass is 9.78. The van der Waals surface area contributed by atoms with Gasteiger partial charge in [-0.15, -0.1) is 0 Å². The van der Waals surface area contributed by atoms with Crippen LogP contribution in [0.2, 0.25) is 0 Å². The minimum atomic E-state index is -4.71. The van der Waals surface area contributed by atoms with Gasteiger partial charge in [-0.25, -0.2) is 9.18 Å². The molecular weight excluding hydrogens is 359 g/mol. The fraction of sp³-hybridized carbons (Fsp3) is 0.562. The summed E-state index contributed by atoms with van der Waals surface area (Å²) in [6, 6.07) is 1.48. The van der Waals surface area contributed by atoms with Gasteiger partial charge in [0.25, 0.3) is 0 Å². The zero-order valence-corrected chi connectivity index (χ0v) is 14.9. The third kappa shape index (κ3) is 3.80. The van der Waals surface area contributed by atoms with Crippen molar-refractivity contribution in [1.82, 2.24) is 0 Å². The highest BCUT2D eigenvalue weighted by atomic mass is 19.4. The Morgan fingerprint density at radius 3 is 2.12 bits per heavy atom. The molecule has 0 saturated carbocycles. The molecule has 2 rings (SSSR count). The Bertz CT molecular complexity index is 701. The molecule has 144 valence electrons. The van der Waals surface area contributed by atoms with Crippen LogP contribution in [0.3, 0.4) is 0 Å². The summed E-state index contributed by atoms with van der Waals surface area (Å²) in [6.07, 6.45) is -6.99. The predicted molar refractivity (Wildman–Crippen MR) is 85.2 cm³/mol. The van der Waals surface area contributed by atoms with Crippen LogP contribution in [0.15, 0.2) is 12.1 Å². The third-order valence-electron chi connectivity index (χ3n) is 4.60. The first kappa shape index (κ1) is 20.5. The zero-order chi connectivity index (χ0) is 20.1. The van der Waals surface area contributed by atoms with Gasteiger partial charge in [-0.1, -0.05) is 0 Å². The standard InChI is InChI=1S/C16H19BF4O5/c1-8(16(19,20)21)24-12-7-10(11(18)6-9(12)13(22)23)17-25-14(2,3)15(4,5)26-17/h6-8H,1-5H3,(H,22,23)/t8-/m0/s1. The molecule has 0 unspecified atom stereocenters. The van der Waals surface area contributed by atoms with Crippen LogP contribution in [-0.2, 0) is 9.31 Å². The number of rotatable bonds is 4. The van der Waals surface area contributed by atoms with Crippen LogP contribution in [-0.4, -0.2) is 41.7 Å². The third-order valence-corrected chi connectivity index (χ3v) is 4.60. The molecule has 26 heavy (non-hydrogen) atoms. The molecule has 0 aromatic heterocycles. The first-order valence-corrected chi connectivity index (χ1v) is 7.81. The van der Waals surface area contributed by atoms with E-state index in [9.17, 15) is 22.4 Å². The molecule has 0 aliphatic carbocycles. The van der Waals surface area contributed by atoms with E-state index < -0.39 is 53.7 Å². The maximum atomic E-state index is 14.4. The number of hydrogen-bond donors (Lipinski definition) is 1. The highest BCUT2D eigenvalue weighted by Gasteiger charge is 2.52. The Balaban J connectivity index is 2.46. The maximum absolute atomic E-state index is 14.4. The lowest BCUT2D eigenvalue weighted by Crippen LogP contribution is -2.41. The minimum absolute atomic E-state index is 0.238. The summed E-state index contributed by atoms with van der Waals surface area (Å²) >= 11 is 0. The summed E-state index contributed by atoms with van der Waals surface area (Å²) in [4.78, 5) is 11.3. The number of alkyl halides is 3. The monoisotopic (exact) mass is 378 g/mol. The van der Waals surface area contributed by atoms with E-state index in [1.807, 2.05) is 0 Å². The van der Waals surface area contributed by atoms with E-state index >= 15 is 0 Å². The number of carboxylic acids is 1. The smallest absolute Gasteiger partial charge is 0.480 e. The Labute approximate surface area is 148 Å². The Morgan fingerprint density at radius 2 is 1.69 bits per heavy atom. The summed E-state index contributed by atoms with van der Waals surface area (Å²) in [7, 11) is -1.22. The number of ether oxygens (including phenoxy) is 1. The summed E-state index contributed by atoms with van der Waals surface area (Å²) in [5.41, 5.74) is -2.58. The van der Waals surface area contributed by atoms with Crippen LogP contribution in [0.4, 0.5) is 17.6 Å². The van der Waals surface area contributed by atoms with Gasteiger partial charge in [-0.3, -0.25) is 0 Å². The molecule has 5 nitrogen and oxygen atoms in total. The van der Waals surface area contributed by atoms with E-state index in [0.717, 1.165) is 13.0 Å². The average molecular weight is 378 g/mol. The molecule has 0 radical (unpaired) electrons. The lowest BCUT2D eigenvalue weighted by Gasteiger charge is -2.32. The van der Waals surface area contributed by atoms with E-state index in [0.29, 0.717) is 6.07 Å². The van der Waals surface area contributed by atoms with Gasteiger partial charge in [0.2, 0.25) is 0 Å². The summed E-state index contributed by atoms with van der Waals surface area (Å²) in [6.45, 7) is 7.61. The normalized spacial score (nSPS) is 20.1. The van der Waals surface area contributed by atoms with E-state index in [2.05, 4.69) is 0 Å². The molecule has 1 atom stereocenters. The van der Waals surface area contributed by atoms with E-state index in [-0.39, 0.29) is 5.46 Å². The Kier molecular flexibility index (Phi) is 5.06. The minimum Gasteiger partial charge on any atom is -0.480 e. The van der Waals surface area contributed by atoms with Gasteiger partial charge in [-0.05, 0) is 46.8 Å². The quantitative estimate of drug-likeness (QED) is 0.644. The first-order chi connectivity index (χ1) is 11.7. The molecule has 1 fully saturated rings. The molecule has 0 amide bonds. The van der Waals surface area contributed by atoms with Gasteiger partial charge in [0.05, 0.1) is 11.2 Å². The van der Waals surface area contributed by atoms with Crippen LogP contribution in [0.25, 0.3) is 0 Å². The van der Waals surface area contributed by atoms with Crippen molar-refractivity contribution in [3.05, 3.63) is 23.5 Å². The molecular formula is C16H19BF4O5. The molecule has 1 aromatic carbocycles. The van der Waals surface area contributed by atoms with Crippen molar-refractivity contribution in [3.63, 3.8) is 0 Å². The van der Waals surface area contributed by atoms with Gasteiger partial charge in [0.15, 0.2) is 6.10 Å². The van der Waals surface area contributed by atoms with Gasteiger partial charge in [-0.2, -0.15) is 13.2 Å². The Hall–Kier alpha value is -1.81. The van der Waals surface area contributed by atoms with E-state index in [1.165, 1.54) is 0 Å². The second-order valence-electron chi connectivity index (χ2n) is 7.06. The van der Waals surface area contributed by atoms with Crippen LogP contribution in [0.5, 0.6) is 5.75 Å². The van der Waals surface area contributed by atoms with Crippen molar-refractivity contribution in [2.75, 3.05) is 0 Å². The molecule has 0 bridgehead atoms. The topological polar surface area (TPSA) is 65.0 Å². The number of hydrogen-bond acceptors (Lipinski definition) is 4. The fourth-order valence-corrected chi connectivity index (χ4v) is 2.24. The number of halogens is 4. The number of carboxylic acid groups (broad SMARTS) is 1. The van der Waals surface area contributed by atoms with Crippen LogP contribution in [0.1, 0.15) is 45.0 Å². The van der Waals surface area contributed by atoms with Crippen molar-refractivity contribution in [2.45, 2.75) is 58.1 Å². The Morgan fingerprint density at radius 1 is 1.19 bits per heavy atom. The van der Waals surface area contributed by atoms with Gasteiger partial charge in [0.1, 0.15) is 17.1 Å². The molecule has 1 aliphatic heterocycles. The molecule has 10 heteroatoms.